The molecule has 2 aromatic carbocycles. The van der Waals surface area contributed by atoms with Crippen molar-refractivity contribution in [3.63, 3.8) is 0 Å². The molecule has 3 nitrogen and oxygen atoms in total. The summed E-state index contributed by atoms with van der Waals surface area (Å²) in [6.45, 7) is 0. The largest absolute Gasteiger partial charge is 0.393 e. The zero-order valence-corrected chi connectivity index (χ0v) is 14.7. The Labute approximate surface area is 143 Å². The van der Waals surface area contributed by atoms with Crippen LogP contribution in [0.3, 0.4) is 0 Å². The van der Waals surface area contributed by atoms with E-state index in [1.165, 1.54) is 0 Å². The van der Waals surface area contributed by atoms with Crippen LogP contribution in [0.5, 0.6) is 0 Å². The normalized spacial score (nSPS) is 24.0. The summed E-state index contributed by atoms with van der Waals surface area (Å²) in [5.74, 6) is -0.475. The van der Waals surface area contributed by atoms with Gasteiger partial charge in [0, 0.05) is 16.3 Å². The summed E-state index contributed by atoms with van der Waals surface area (Å²) >= 11 is 8.47. The van der Waals surface area contributed by atoms with Gasteiger partial charge in [-0.05, 0) is 29.8 Å². The lowest BCUT2D eigenvalue weighted by Crippen LogP contribution is -2.17. The maximum atomic E-state index is 12.8. The molecular formula is C16H14BrNO2S2. The predicted molar refractivity (Wildman–Crippen MR) is 94.6 cm³/mol. The van der Waals surface area contributed by atoms with Crippen LogP contribution in [-0.2, 0) is 9.84 Å². The Kier molecular flexibility index (Phi) is 4.09. The fourth-order valence-electron chi connectivity index (χ4n) is 2.86. The Morgan fingerprint density at radius 3 is 2.18 bits per heavy atom. The summed E-state index contributed by atoms with van der Waals surface area (Å²) in [4.78, 5) is 0.582. The van der Waals surface area contributed by atoms with Gasteiger partial charge in [0.15, 0.2) is 9.84 Å². The van der Waals surface area contributed by atoms with Gasteiger partial charge in [-0.1, -0.05) is 58.5 Å². The van der Waals surface area contributed by atoms with Crippen molar-refractivity contribution in [2.45, 2.75) is 16.1 Å². The van der Waals surface area contributed by atoms with Gasteiger partial charge in [-0.25, -0.2) is 8.42 Å². The molecule has 0 aliphatic heterocycles. The zero-order chi connectivity index (χ0) is 15.9. The molecule has 0 amide bonds. The third-order valence-electron chi connectivity index (χ3n) is 3.97. The molecule has 22 heavy (non-hydrogen) atoms. The van der Waals surface area contributed by atoms with Crippen LogP contribution in [0.25, 0.3) is 0 Å². The zero-order valence-electron chi connectivity index (χ0n) is 11.5. The molecule has 0 spiro atoms. The van der Waals surface area contributed by atoms with E-state index in [1.54, 1.807) is 30.3 Å². The van der Waals surface area contributed by atoms with Gasteiger partial charge in [0.2, 0.25) is 0 Å². The number of hydrogen-bond donors (Lipinski definition) is 1. The topological polar surface area (TPSA) is 60.2 Å². The lowest BCUT2D eigenvalue weighted by Gasteiger charge is -2.04. The number of halogens is 1. The second-order valence-electron chi connectivity index (χ2n) is 5.33. The van der Waals surface area contributed by atoms with E-state index >= 15 is 0 Å². The van der Waals surface area contributed by atoms with Crippen LogP contribution in [0.4, 0.5) is 0 Å². The average Bonchev–Trinajstić information content (AvgIpc) is 3.25. The molecule has 114 valence electrons. The quantitative estimate of drug-likeness (QED) is 0.806. The molecule has 1 fully saturated rings. The summed E-state index contributed by atoms with van der Waals surface area (Å²) in [6, 6.07) is 16.1. The number of sulfone groups is 1. The van der Waals surface area contributed by atoms with Crippen LogP contribution in [0.15, 0.2) is 64.0 Å². The number of benzene rings is 2. The van der Waals surface area contributed by atoms with Crippen molar-refractivity contribution in [1.82, 2.24) is 0 Å². The minimum absolute atomic E-state index is 0.171. The molecular weight excluding hydrogens is 382 g/mol. The summed E-state index contributed by atoms with van der Waals surface area (Å²) in [6.07, 6.45) is 0. The van der Waals surface area contributed by atoms with Crippen LogP contribution >= 0.6 is 28.1 Å². The maximum Gasteiger partial charge on any atom is 0.182 e. The Morgan fingerprint density at radius 2 is 1.64 bits per heavy atom. The van der Waals surface area contributed by atoms with E-state index in [-0.39, 0.29) is 16.8 Å². The first-order valence-corrected chi connectivity index (χ1v) is 9.51. The smallest absolute Gasteiger partial charge is 0.182 e. The Bertz CT molecular complexity index is 804. The summed E-state index contributed by atoms with van der Waals surface area (Å²) in [7, 11) is -3.45. The minimum Gasteiger partial charge on any atom is -0.393 e. The van der Waals surface area contributed by atoms with E-state index < -0.39 is 15.1 Å². The third kappa shape index (κ3) is 2.71. The highest BCUT2D eigenvalue weighted by molar-refractivity contribution is 9.10. The van der Waals surface area contributed by atoms with Gasteiger partial charge in [-0.2, -0.15) is 0 Å². The third-order valence-corrected chi connectivity index (χ3v) is 7.00. The lowest BCUT2D eigenvalue weighted by molar-refractivity contribution is 0.593. The lowest BCUT2D eigenvalue weighted by atomic mass is 10.1. The van der Waals surface area contributed by atoms with Crippen LogP contribution in [-0.4, -0.2) is 18.7 Å². The maximum absolute atomic E-state index is 12.8. The fourth-order valence-corrected chi connectivity index (χ4v) is 5.68. The van der Waals surface area contributed by atoms with Crippen molar-refractivity contribution in [3.8, 4) is 0 Å². The molecule has 0 saturated heterocycles. The van der Waals surface area contributed by atoms with Crippen molar-refractivity contribution in [2.75, 3.05) is 0 Å². The SMILES string of the molecule is NC(=S)[C@@H]1[C@@H](c2ccc(Br)cc2)[C@@H]1S(=O)(=O)c1ccccc1. The molecule has 1 aliphatic carbocycles. The molecule has 0 heterocycles. The Balaban J connectivity index is 1.99. The number of hydrogen-bond acceptors (Lipinski definition) is 3. The van der Waals surface area contributed by atoms with Gasteiger partial charge in [-0.3, -0.25) is 0 Å². The van der Waals surface area contributed by atoms with E-state index in [2.05, 4.69) is 15.9 Å². The monoisotopic (exact) mass is 395 g/mol. The van der Waals surface area contributed by atoms with Crippen LogP contribution < -0.4 is 5.73 Å². The van der Waals surface area contributed by atoms with Gasteiger partial charge in [0.25, 0.3) is 0 Å². The van der Waals surface area contributed by atoms with Crippen molar-refractivity contribution >= 4 is 43.0 Å². The first kappa shape index (κ1) is 15.6. The number of nitrogens with two attached hydrogens (primary N) is 1. The number of thiocarbonyl (C=S) groups is 1. The molecule has 2 aromatic rings. The van der Waals surface area contributed by atoms with Gasteiger partial charge in [0.1, 0.15) is 0 Å². The molecule has 1 saturated carbocycles. The second-order valence-corrected chi connectivity index (χ2v) is 8.82. The van der Waals surface area contributed by atoms with Crippen LogP contribution in [0, 0.1) is 5.92 Å². The standard InChI is InChI=1S/C16H14BrNO2S2/c17-11-8-6-10(7-9-11)13-14(16(18)21)15(13)22(19,20)12-4-2-1-3-5-12/h1-9,13-15H,(H2,18,21)/t13-,14-,15+/m1/s1. The molecule has 0 aromatic heterocycles. The molecule has 3 atom stereocenters. The van der Waals surface area contributed by atoms with E-state index in [0.717, 1.165) is 10.0 Å². The van der Waals surface area contributed by atoms with Crippen LogP contribution in [0.2, 0.25) is 0 Å². The van der Waals surface area contributed by atoms with Gasteiger partial charge >= 0.3 is 0 Å². The summed E-state index contributed by atoms with van der Waals surface area (Å²) in [5.41, 5.74) is 6.73. The Hall–Kier alpha value is -1.24. The highest BCUT2D eigenvalue weighted by Gasteiger charge is 2.60. The number of rotatable bonds is 4. The van der Waals surface area contributed by atoms with Crippen molar-refractivity contribution < 1.29 is 8.42 Å². The highest BCUT2D eigenvalue weighted by atomic mass is 79.9. The highest BCUT2D eigenvalue weighted by Crippen LogP contribution is 2.54. The predicted octanol–water partition coefficient (Wildman–Crippen LogP) is 3.29. The molecule has 3 rings (SSSR count). The van der Waals surface area contributed by atoms with Gasteiger partial charge in [-0.15, -0.1) is 0 Å². The van der Waals surface area contributed by atoms with E-state index in [4.69, 9.17) is 18.0 Å². The van der Waals surface area contributed by atoms with Crippen molar-refractivity contribution in [1.29, 1.82) is 0 Å². The van der Waals surface area contributed by atoms with E-state index in [1.807, 2.05) is 24.3 Å². The molecule has 6 heteroatoms. The van der Waals surface area contributed by atoms with Gasteiger partial charge < -0.3 is 5.73 Å². The molecule has 1 aliphatic rings. The van der Waals surface area contributed by atoms with E-state index in [0.29, 0.717) is 4.90 Å². The van der Waals surface area contributed by atoms with Crippen molar-refractivity contribution in [3.05, 3.63) is 64.6 Å². The first-order chi connectivity index (χ1) is 10.4. The Morgan fingerprint density at radius 1 is 1.05 bits per heavy atom. The molecule has 0 unspecified atom stereocenters. The summed E-state index contributed by atoms with van der Waals surface area (Å²) < 4.78 is 26.6. The van der Waals surface area contributed by atoms with E-state index in [9.17, 15) is 8.42 Å². The second kappa shape index (κ2) is 5.76. The first-order valence-electron chi connectivity index (χ1n) is 6.76. The summed E-state index contributed by atoms with van der Waals surface area (Å²) in [5, 5.41) is -0.575. The van der Waals surface area contributed by atoms with Crippen LogP contribution in [0.1, 0.15) is 11.5 Å². The van der Waals surface area contributed by atoms with Crippen molar-refractivity contribution in [2.24, 2.45) is 11.7 Å². The molecule has 0 bridgehead atoms. The van der Waals surface area contributed by atoms with Gasteiger partial charge in [0.05, 0.1) is 15.1 Å². The minimum atomic E-state index is -3.45. The molecule has 2 N–H and O–H groups in total. The average molecular weight is 396 g/mol. The fraction of sp³-hybridized carbons (Fsp3) is 0.188. The molecule has 0 radical (unpaired) electrons.